The molecule has 6 nitrogen and oxygen atoms in total. The summed E-state index contributed by atoms with van der Waals surface area (Å²) in [5.41, 5.74) is 2.02. The predicted octanol–water partition coefficient (Wildman–Crippen LogP) is 2.80. The molecule has 0 spiro atoms. The lowest BCUT2D eigenvalue weighted by molar-refractivity contribution is -0.155. The largest absolute Gasteiger partial charge is 0.455 e. The van der Waals surface area contributed by atoms with Crippen molar-refractivity contribution in [3.63, 3.8) is 0 Å². The first kappa shape index (κ1) is 20.6. The van der Waals surface area contributed by atoms with Crippen LogP contribution in [0.5, 0.6) is 0 Å². The minimum absolute atomic E-state index is 0.0733. The van der Waals surface area contributed by atoms with Crippen LogP contribution in [0.1, 0.15) is 30.5 Å². The van der Waals surface area contributed by atoms with Crippen LogP contribution in [0.3, 0.4) is 0 Å². The van der Waals surface area contributed by atoms with E-state index < -0.39 is 11.9 Å². The van der Waals surface area contributed by atoms with Gasteiger partial charge in [-0.2, -0.15) is 0 Å². The molecule has 0 N–H and O–H groups in total. The Hall–Kier alpha value is -3.15. The zero-order valence-electron chi connectivity index (χ0n) is 16.8. The molecule has 29 heavy (non-hydrogen) atoms. The molecule has 2 aromatic carbocycles. The zero-order valence-corrected chi connectivity index (χ0v) is 16.8. The lowest BCUT2D eigenvalue weighted by Gasteiger charge is -2.25. The molecule has 0 aromatic heterocycles. The fourth-order valence-corrected chi connectivity index (χ4v) is 3.48. The molecule has 1 aliphatic heterocycles. The number of benzene rings is 2. The van der Waals surface area contributed by atoms with Gasteiger partial charge in [0.2, 0.25) is 5.91 Å². The van der Waals surface area contributed by atoms with Crippen LogP contribution in [-0.4, -0.2) is 47.8 Å². The van der Waals surface area contributed by atoms with Crippen molar-refractivity contribution in [3.05, 3.63) is 71.8 Å². The van der Waals surface area contributed by atoms with Gasteiger partial charge in [0.25, 0.3) is 5.91 Å². The summed E-state index contributed by atoms with van der Waals surface area (Å²) in [7, 11) is 1.67. The number of hydrogen-bond donors (Lipinski definition) is 0. The molecule has 0 unspecified atom stereocenters. The number of carbonyl (C=O) groups excluding carboxylic acids is 3. The van der Waals surface area contributed by atoms with Gasteiger partial charge in [-0.15, -0.1) is 0 Å². The van der Waals surface area contributed by atoms with Crippen molar-refractivity contribution in [2.24, 2.45) is 5.92 Å². The molecule has 1 heterocycles. The number of hydrogen-bond acceptors (Lipinski definition) is 4. The van der Waals surface area contributed by atoms with Crippen molar-refractivity contribution in [1.29, 1.82) is 0 Å². The summed E-state index contributed by atoms with van der Waals surface area (Å²) >= 11 is 0. The van der Waals surface area contributed by atoms with Crippen molar-refractivity contribution >= 4 is 17.8 Å². The van der Waals surface area contributed by atoms with Crippen LogP contribution in [0.15, 0.2) is 60.7 Å². The number of amides is 2. The maximum Gasteiger partial charge on any atom is 0.311 e. The normalized spacial score (nSPS) is 17.1. The van der Waals surface area contributed by atoms with Gasteiger partial charge in [-0.05, 0) is 18.1 Å². The highest BCUT2D eigenvalue weighted by molar-refractivity contribution is 5.88. The Morgan fingerprint density at radius 3 is 2.38 bits per heavy atom. The zero-order chi connectivity index (χ0) is 20.8. The Morgan fingerprint density at radius 2 is 1.72 bits per heavy atom. The van der Waals surface area contributed by atoms with E-state index in [1.165, 1.54) is 4.90 Å². The summed E-state index contributed by atoms with van der Waals surface area (Å²) < 4.78 is 5.22. The van der Waals surface area contributed by atoms with Gasteiger partial charge < -0.3 is 14.5 Å². The minimum atomic E-state index is -0.541. The Morgan fingerprint density at radius 1 is 1.10 bits per heavy atom. The number of carbonyl (C=O) groups is 3. The van der Waals surface area contributed by atoms with Gasteiger partial charge in [0.15, 0.2) is 6.61 Å². The van der Waals surface area contributed by atoms with Gasteiger partial charge in [0, 0.05) is 26.6 Å². The molecular formula is C23H26N2O4. The van der Waals surface area contributed by atoms with Gasteiger partial charge in [0.05, 0.1) is 12.0 Å². The number of esters is 1. The van der Waals surface area contributed by atoms with Crippen LogP contribution in [0.4, 0.5) is 0 Å². The van der Waals surface area contributed by atoms with E-state index in [2.05, 4.69) is 0 Å². The number of ether oxygens (including phenoxy) is 1. The van der Waals surface area contributed by atoms with Gasteiger partial charge >= 0.3 is 5.97 Å². The van der Waals surface area contributed by atoms with Crippen LogP contribution < -0.4 is 0 Å². The fourth-order valence-electron chi connectivity index (χ4n) is 3.48. The van der Waals surface area contributed by atoms with E-state index in [0.29, 0.717) is 13.1 Å². The summed E-state index contributed by atoms with van der Waals surface area (Å²) in [6, 6.07) is 19.2. The Balaban J connectivity index is 1.49. The summed E-state index contributed by atoms with van der Waals surface area (Å²) in [6.07, 6.45) is 0.115. The maximum atomic E-state index is 12.4. The van der Waals surface area contributed by atoms with E-state index in [1.54, 1.807) is 11.9 Å². The average molecular weight is 394 g/mol. The summed E-state index contributed by atoms with van der Waals surface area (Å²) in [5, 5.41) is 0. The molecule has 2 aromatic rings. The standard InChI is InChI=1S/C23H26N2O4/c1-17(19-11-7-4-8-12-19)25-15-20(13-21(25)26)23(28)29-16-22(27)24(2)14-18-9-5-3-6-10-18/h3-12,17,20H,13-16H2,1-2H3/t17-,20+/m1/s1. The molecule has 1 fully saturated rings. The smallest absolute Gasteiger partial charge is 0.311 e. The Kier molecular flexibility index (Phi) is 6.65. The lowest BCUT2D eigenvalue weighted by atomic mass is 10.1. The molecule has 3 rings (SSSR count). The van der Waals surface area contributed by atoms with Gasteiger partial charge in [0.1, 0.15) is 0 Å². The predicted molar refractivity (Wildman–Crippen MR) is 109 cm³/mol. The first-order valence-electron chi connectivity index (χ1n) is 9.74. The van der Waals surface area contributed by atoms with Gasteiger partial charge in [-0.3, -0.25) is 14.4 Å². The third kappa shape index (κ3) is 5.22. The van der Waals surface area contributed by atoms with Crippen molar-refractivity contribution in [2.45, 2.75) is 25.9 Å². The van der Waals surface area contributed by atoms with Crippen LogP contribution >= 0.6 is 0 Å². The summed E-state index contributed by atoms with van der Waals surface area (Å²) in [4.78, 5) is 40.3. The monoisotopic (exact) mass is 394 g/mol. The maximum absolute atomic E-state index is 12.4. The molecule has 0 aliphatic carbocycles. The third-order valence-corrected chi connectivity index (χ3v) is 5.27. The number of likely N-dealkylation sites (tertiary alicyclic amines) is 1. The van der Waals surface area contributed by atoms with E-state index in [-0.39, 0.29) is 30.9 Å². The van der Waals surface area contributed by atoms with Crippen LogP contribution in [0, 0.1) is 5.92 Å². The second-order valence-corrected chi connectivity index (χ2v) is 7.38. The number of nitrogens with zero attached hydrogens (tertiary/aromatic N) is 2. The molecule has 1 aliphatic rings. The molecule has 1 saturated heterocycles. The third-order valence-electron chi connectivity index (χ3n) is 5.27. The van der Waals surface area contributed by atoms with Crippen LogP contribution in [0.2, 0.25) is 0 Å². The number of rotatable bonds is 7. The van der Waals surface area contributed by atoms with Crippen molar-refractivity contribution < 1.29 is 19.1 Å². The molecule has 152 valence electrons. The molecule has 0 saturated carbocycles. The number of likely N-dealkylation sites (N-methyl/N-ethyl adjacent to an activating group) is 1. The van der Waals surface area contributed by atoms with Crippen LogP contribution in [-0.2, 0) is 25.7 Å². The first-order valence-corrected chi connectivity index (χ1v) is 9.74. The second kappa shape index (κ2) is 9.37. The highest BCUT2D eigenvalue weighted by Crippen LogP contribution is 2.29. The lowest BCUT2D eigenvalue weighted by Crippen LogP contribution is -2.33. The van der Waals surface area contributed by atoms with Crippen LogP contribution in [0.25, 0.3) is 0 Å². The molecule has 0 bridgehead atoms. The molecule has 6 heteroatoms. The van der Waals surface area contributed by atoms with Gasteiger partial charge in [-0.1, -0.05) is 60.7 Å². The quantitative estimate of drug-likeness (QED) is 0.678. The average Bonchev–Trinajstić information content (AvgIpc) is 3.14. The van der Waals surface area contributed by atoms with E-state index >= 15 is 0 Å². The van der Waals surface area contributed by atoms with E-state index in [4.69, 9.17) is 4.74 Å². The van der Waals surface area contributed by atoms with E-state index in [9.17, 15) is 14.4 Å². The topological polar surface area (TPSA) is 66.9 Å². The van der Waals surface area contributed by atoms with Crippen molar-refractivity contribution in [2.75, 3.05) is 20.2 Å². The minimum Gasteiger partial charge on any atom is -0.455 e. The molecule has 0 radical (unpaired) electrons. The van der Waals surface area contributed by atoms with E-state index in [1.807, 2.05) is 67.6 Å². The summed E-state index contributed by atoms with van der Waals surface area (Å²) in [6.45, 7) is 2.38. The second-order valence-electron chi connectivity index (χ2n) is 7.38. The summed E-state index contributed by atoms with van der Waals surface area (Å²) in [5.74, 6) is -1.39. The van der Waals surface area contributed by atoms with Gasteiger partial charge in [-0.25, -0.2) is 0 Å². The molecular weight excluding hydrogens is 368 g/mol. The first-order chi connectivity index (χ1) is 14.0. The van der Waals surface area contributed by atoms with Crippen molar-refractivity contribution in [1.82, 2.24) is 9.80 Å². The molecule has 2 atom stereocenters. The molecule has 2 amide bonds. The highest BCUT2D eigenvalue weighted by atomic mass is 16.5. The Labute approximate surface area is 171 Å². The fraction of sp³-hybridized carbons (Fsp3) is 0.348. The van der Waals surface area contributed by atoms with E-state index in [0.717, 1.165) is 11.1 Å². The van der Waals surface area contributed by atoms with Crippen molar-refractivity contribution in [3.8, 4) is 0 Å². The SMILES string of the molecule is C[C@H](c1ccccc1)N1C[C@@H](C(=O)OCC(=O)N(C)Cc2ccccc2)CC1=O. The highest BCUT2D eigenvalue weighted by Gasteiger charge is 2.38. The Bertz CT molecular complexity index is 854.